The Morgan fingerprint density at radius 3 is 2.44 bits per heavy atom. The molecule has 1 aromatic carbocycles. The highest BCUT2D eigenvalue weighted by atomic mass is 127. The van der Waals surface area contributed by atoms with Crippen LogP contribution in [0.25, 0.3) is 0 Å². The van der Waals surface area contributed by atoms with Crippen LogP contribution in [-0.4, -0.2) is 75.9 Å². The monoisotopic (exact) mass is 511 g/mol. The largest absolute Gasteiger partial charge is 0.506 e. The molecule has 0 atom stereocenters. The first-order chi connectivity index (χ1) is 12.5. The number of rotatable bonds is 7. The van der Waals surface area contributed by atoms with E-state index in [4.69, 9.17) is 0 Å². The van der Waals surface area contributed by atoms with Crippen LogP contribution in [0.3, 0.4) is 0 Å². The molecule has 1 aromatic rings. The standard InChI is InChI=1S/C17H29N5O3S.HI/c1-3-18-17(19-9-10-20-26(24,25)4-2)22-13-11-21(12-14-22)15-7-5-6-8-16(15)23;/h5-8,20,23H,3-4,9-14H2,1-2H3,(H,18,19);1H. The van der Waals surface area contributed by atoms with Crippen molar-refractivity contribution in [3.05, 3.63) is 24.3 Å². The molecule has 27 heavy (non-hydrogen) atoms. The summed E-state index contributed by atoms with van der Waals surface area (Å²) in [5, 5.41) is 13.3. The van der Waals surface area contributed by atoms with Crippen LogP contribution < -0.4 is 14.9 Å². The fourth-order valence-electron chi connectivity index (χ4n) is 2.78. The number of piperazine rings is 1. The van der Waals surface area contributed by atoms with Gasteiger partial charge in [0, 0.05) is 39.3 Å². The van der Waals surface area contributed by atoms with Gasteiger partial charge in [-0.05, 0) is 26.0 Å². The van der Waals surface area contributed by atoms with Gasteiger partial charge in [0.15, 0.2) is 5.96 Å². The van der Waals surface area contributed by atoms with Gasteiger partial charge in [0.1, 0.15) is 5.75 Å². The second-order valence-electron chi connectivity index (χ2n) is 6.00. The van der Waals surface area contributed by atoms with Gasteiger partial charge in [-0.1, -0.05) is 12.1 Å². The van der Waals surface area contributed by atoms with Crippen molar-refractivity contribution in [2.24, 2.45) is 4.99 Å². The highest BCUT2D eigenvalue weighted by molar-refractivity contribution is 14.0. The third kappa shape index (κ3) is 7.34. The molecule has 0 aliphatic carbocycles. The fraction of sp³-hybridized carbons (Fsp3) is 0.588. The molecule has 1 heterocycles. The van der Waals surface area contributed by atoms with Gasteiger partial charge in [-0.15, -0.1) is 24.0 Å². The molecular formula is C17H30IN5O3S. The summed E-state index contributed by atoms with van der Waals surface area (Å²) in [4.78, 5) is 8.84. The molecule has 0 aromatic heterocycles. The van der Waals surface area contributed by atoms with Crippen molar-refractivity contribution in [2.45, 2.75) is 13.8 Å². The van der Waals surface area contributed by atoms with Gasteiger partial charge in [-0.3, -0.25) is 4.99 Å². The van der Waals surface area contributed by atoms with Crippen molar-refractivity contribution >= 4 is 45.6 Å². The minimum atomic E-state index is -3.18. The van der Waals surface area contributed by atoms with Crippen LogP contribution in [0.1, 0.15) is 13.8 Å². The number of nitrogens with one attached hydrogen (secondary N) is 2. The lowest BCUT2D eigenvalue weighted by atomic mass is 10.2. The number of sulfonamides is 1. The maximum Gasteiger partial charge on any atom is 0.211 e. The third-order valence-corrected chi connectivity index (χ3v) is 5.62. The Morgan fingerprint density at radius 2 is 1.85 bits per heavy atom. The Morgan fingerprint density at radius 1 is 1.19 bits per heavy atom. The summed E-state index contributed by atoms with van der Waals surface area (Å²) in [6, 6.07) is 7.36. The first kappa shape index (κ1) is 23.8. The maximum absolute atomic E-state index is 11.5. The Kier molecular flexibility index (Phi) is 10.2. The lowest BCUT2D eigenvalue weighted by molar-refractivity contribution is 0.370. The number of aromatic hydroxyl groups is 1. The predicted molar refractivity (Wildman–Crippen MR) is 121 cm³/mol. The molecule has 0 unspecified atom stereocenters. The van der Waals surface area contributed by atoms with E-state index in [-0.39, 0.29) is 29.7 Å². The van der Waals surface area contributed by atoms with Gasteiger partial charge < -0.3 is 20.2 Å². The zero-order valence-electron chi connectivity index (χ0n) is 15.9. The van der Waals surface area contributed by atoms with Crippen LogP contribution in [0.5, 0.6) is 5.75 Å². The molecule has 0 radical (unpaired) electrons. The van der Waals surface area contributed by atoms with E-state index in [1.54, 1.807) is 13.0 Å². The molecule has 2 rings (SSSR count). The van der Waals surface area contributed by atoms with E-state index >= 15 is 0 Å². The van der Waals surface area contributed by atoms with Gasteiger partial charge in [0.05, 0.1) is 18.0 Å². The molecule has 0 bridgehead atoms. The van der Waals surface area contributed by atoms with Gasteiger partial charge in [-0.2, -0.15) is 0 Å². The van der Waals surface area contributed by atoms with Crippen LogP contribution >= 0.6 is 24.0 Å². The average Bonchev–Trinajstić information content (AvgIpc) is 2.65. The molecule has 8 nitrogen and oxygen atoms in total. The molecule has 3 N–H and O–H groups in total. The molecule has 1 saturated heterocycles. The molecule has 154 valence electrons. The highest BCUT2D eigenvalue weighted by Crippen LogP contribution is 2.27. The van der Waals surface area contributed by atoms with Crippen LogP contribution in [0, 0.1) is 0 Å². The second kappa shape index (κ2) is 11.5. The van der Waals surface area contributed by atoms with E-state index in [2.05, 4.69) is 24.8 Å². The van der Waals surface area contributed by atoms with Crippen LogP contribution in [-0.2, 0) is 10.0 Å². The predicted octanol–water partition coefficient (Wildman–Crippen LogP) is 1.04. The van der Waals surface area contributed by atoms with Crippen molar-refractivity contribution in [1.29, 1.82) is 0 Å². The molecule has 1 aliphatic heterocycles. The van der Waals surface area contributed by atoms with E-state index in [9.17, 15) is 13.5 Å². The molecule has 0 amide bonds. The van der Waals surface area contributed by atoms with Crippen molar-refractivity contribution in [3.63, 3.8) is 0 Å². The molecule has 1 aliphatic rings. The number of anilines is 1. The topological polar surface area (TPSA) is 97.3 Å². The molecule has 0 saturated carbocycles. The van der Waals surface area contributed by atoms with Gasteiger partial charge in [0.25, 0.3) is 0 Å². The zero-order chi connectivity index (χ0) is 19.0. The van der Waals surface area contributed by atoms with E-state index < -0.39 is 10.0 Å². The maximum atomic E-state index is 11.5. The smallest absolute Gasteiger partial charge is 0.211 e. The Hall–Kier alpha value is -1.27. The summed E-state index contributed by atoms with van der Waals surface area (Å²) in [5.74, 6) is 1.16. The van der Waals surface area contributed by atoms with Gasteiger partial charge in [-0.25, -0.2) is 13.1 Å². The summed E-state index contributed by atoms with van der Waals surface area (Å²) in [6.45, 7) is 8.17. The van der Waals surface area contributed by atoms with Gasteiger partial charge >= 0.3 is 0 Å². The van der Waals surface area contributed by atoms with E-state index in [0.717, 1.165) is 44.4 Å². The number of guanidine groups is 1. The number of nitrogens with zero attached hydrogens (tertiary/aromatic N) is 3. The summed E-state index contributed by atoms with van der Waals surface area (Å²) < 4.78 is 25.4. The number of benzene rings is 1. The van der Waals surface area contributed by atoms with Crippen molar-refractivity contribution in [1.82, 2.24) is 14.9 Å². The summed E-state index contributed by atoms with van der Waals surface area (Å²) >= 11 is 0. The highest BCUT2D eigenvalue weighted by Gasteiger charge is 2.21. The zero-order valence-corrected chi connectivity index (χ0v) is 19.0. The van der Waals surface area contributed by atoms with Crippen molar-refractivity contribution in [3.8, 4) is 5.75 Å². The number of halogens is 1. The van der Waals surface area contributed by atoms with Crippen LogP contribution in [0.2, 0.25) is 0 Å². The van der Waals surface area contributed by atoms with E-state index in [0.29, 0.717) is 18.8 Å². The van der Waals surface area contributed by atoms with Crippen LogP contribution in [0.4, 0.5) is 5.69 Å². The Bertz CT molecular complexity index is 706. The summed E-state index contributed by atoms with van der Waals surface area (Å²) in [6.07, 6.45) is 0. The van der Waals surface area contributed by atoms with E-state index in [1.807, 2.05) is 25.1 Å². The molecule has 1 fully saturated rings. The number of phenolic OH excluding ortho intramolecular Hbond substituents is 1. The fourth-order valence-corrected chi connectivity index (χ4v) is 3.39. The lowest BCUT2D eigenvalue weighted by Crippen LogP contribution is -2.52. The number of phenols is 1. The normalized spacial score (nSPS) is 15.4. The average molecular weight is 511 g/mol. The summed E-state index contributed by atoms with van der Waals surface area (Å²) in [5.41, 5.74) is 0.850. The quantitative estimate of drug-likeness (QED) is 0.219. The third-order valence-electron chi connectivity index (χ3n) is 4.21. The minimum absolute atomic E-state index is 0. The first-order valence-corrected chi connectivity index (χ1v) is 10.7. The van der Waals surface area contributed by atoms with Crippen LogP contribution in [0.15, 0.2) is 29.3 Å². The SMILES string of the molecule is CCNC(=NCCNS(=O)(=O)CC)N1CCN(c2ccccc2O)CC1.I. The first-order valence-electron chi connectivity index (χ1n) is 9.00. The number of para-hydroxylation sites is 2. The Labute approximate surface area is 179 Å². The molecule has 0 spiro atoms. The Balaban J connectivity index is 0.00000364. The van der Waals surface area contributed by atoms with Gasteiger partial charge in [0.2, 0.25) is 10.0 Å². The second-order valence-corrected chi connectivity index (χ2v) is 8.09. The molecular weight excluding hydrogens is 481 g/mol. The summed E-state index contributed by atoms with van der Waals surface area (Å²) in [7, 11) is -3.18. The van der Waals surface area contributed by atoms with Crippen molar-refractivity contribution < 1.29 is 13.5 Å². The van der Waals surface area contributed by atoms with E-state index in [1.165, 1.54) is 0 Å². The minimum Gasteiger partial charge on any atom is -0.506 e. The number of hydrogen-bond acceptors (Lipinski definition) is 5. The lowest BCUT2D eigenvalue weighted by Gasteiger charge is -2.37. The van der Waals surface area contributed by atoms with Crippen molar-refractivity contribution in [2.75, 3.05) is 56.5 Å². The number of aliphatic imine (C=N–C) groups is 1. The molecule has 10 heteroatoms. The number of hydrogen-bond donors (Lipinski definition) is 3.